The molecular formula is C19H20N2O6S. The number of carbonyl (C=O) groups is 2. The maximum atomic E-state index is 12.2. The third-order valence-electron chi connectivity index (χ3n) is 4.25. The first kappa shape index (κ1) is 19.8. The molecule has 0 spiro atoms. The highest BCUT2D eigenvalue weighted by molar-refractivity contribution is 7.90. The van der Waals surface area contributed by atoms with Crippen LogP contribution in [0, 0.1) is 0 Å². The first-order valence-corrected chi connectivity index (χ1v) is 10.00. The molecule has 1 heterocycles. The van der Waals surface area contributed by atoms with E-state index in [1.807, 2.05) is 35.1 Å². The lowest BCUT2D eigenvalue weighted by molar-refractivity contribution is -0.117. The van der Waals surface area contributed by atoms with Crippen LogP contribution in [0.2, 0.25) is 0 Å². The zero-order valence-electron chi connectivity index (χ0n) is 15.2. The summed E-state index contributed by atoms with van der Waals surface area (Å²) >= 11 is 0. The molecule has 1 saturated heterocycles. The maximum absolute atomic E-state index is 12.2. The SMILES string of the molecule is CC(=O)NS(=O)(=O)c1ccc(C2(NC(=O)OCc3ccccc3)COC2)cc1. The van der Waals surface area contributed by atoms with Gasteiger partial charge in [-0.25, -0.2) is 17.9 Å². The second-order valence-electron chi connectivity index (χ2n) is 6.45. The molecule has 3 rings (SSSR count). The summed E-state index contributed by atoms with van der Waals surface area (Å²) in [6.45, 7) is 1.74. The van der Waals surface area contributed by atoms with Gasteiger partial charge in [-0.3, -0.25) is 4.79 Å². The molecule has 2 aromatic carbocycles. The van der Waals surface area contributed by atoms with E-state index in [9.17, 15) is 18.0 Å². The number of amides is 2. The van der Waals surface area contributed by atoms with Crippen molar-refractivity contribution in [3.8, 4) is 0 Å². The number of nitrogens with one attached hydrogen (secondary N) is 2. The third kappa shape index (κ3) is 4.49. The summed E-state index contributed by atoms with van der Waals surface area (Å²) in [6, 6.07) is 15.2. The Morgan fingerprint density at radius 1 is 1.07 bits per heavy atom. The average Bonchev–Trinajstić information content (AvgIpc) is 2.63. The van der Waals surface area contributed by atoms with Gasteiger partial charge >= 0.3 is 6.09 Å². The quantitative estimate of drug-likeness (QED) is 0.758. The van der Waals surface area contributed by atoms with Gasteiger partial charge in [-0.15, -0.1) is 0 Å². The van der Waals surface area contributed by atoms with Gasteiger partial charge in [0, 0.05) is 6.92 Å². The molecule has 0 radical (unpaired) electrons. The van der Waals surface area contributed by atoms with Crippen molar-refractivity contribution in [3.05, 3.63) is 65.7 Å². The molecule has 0 aromatic heterocycles. The van der Waals surface area contributed by atoms with Gasteiger partial charge in [-0.2, -0.15) is 0 Å². The lowest BCUT2D eigenvalue weighted by Crippen LogP contribution is -2.59. The summed E-state index contributed by atoms with van der Waals surface area (Å²) in [5.74, 6) is -0.671. The number of sulfonamides is 1. The van der Waals surface area contributed by atoms with Crippen molar-refractivity contribution in [2.75, 3.05) is 13.2 Å². The summed E-state index contributed by atoms with van der Waals surface area (Å²) in [7, 11) is -3.92. The standard InChI is InChI=1S/C19H20N2O6S/c1-14(22)21-28(24,25)17-9-7-16(8-10-17)19(12-26-13-19)20-18(23)27-11-15-5-3-2-4-6-15/h2-10H,11-13H2,1H3,(H,20,23)(H,21,22). The van der Waals surface area contributed by atoms with E-state index in [4.69, 9.17) is 9.47 Å². The van der Waals surface area contributed by atoms with Crippen molar-refractivity contribution in [3.63, 3.8) is 0 Å². The fourth-order valence-electron chi connectivity index (χ4n) is 2.77. The van der Waals surface area contributed by atoms with Crippen LogP contribution >= 0.6 is 0 Å². The summed E-state index contributed by atoms with van der Waals surface area (Å²) in [6.07, 6.45) is -0.595. The van der Waals surface area contributed by atoms with Crippen molar-refractivity contribution in [1.29, 1.82) is 0 Å². The van der Waals surface area contributed by atoms with Crippen LogP contribution < -0.4 is 10.0 Å². The smallest absolute Gasteiger partial charge is 0.408 e. The molecule has 0 aliphatic carbocycles. The molecule has 1 aliphatic heterocycles. The van der Waals surface area contributed by atoms with E-state index in [2.05, 4.69) is 5.32 Å². The predicted molar refractivity (Wildman–Crippen MR) is 99.7 cm³/mol. The lowest BCUT2D eigenvalue weighted by Gasteiger charge is -2.42. The Hall–Kier alpha value is -2.91. The van der Waals surface area contributed by atoms with Gasteiger partial charge < -0.3 is 14.8 Å². The van der Waals surface area contributed by atoms with Gasteiger partial charge in [0.25, 0.3) is 10.0 Å². The molecule has 2 aromatic rings. The van der Waals surface area contributed by atoms with E-state index < -0.39 is 27.6 Å². The summed E-state index contributed by atoms with van der Waals surface area (Å²) in [5, 5.41) is 2.80. The van der Waals surface area contributed by atoms with E-state index >= 15 is 0 Å². The molecular weight excluding hydrogens is 384 g/mol. The highest BCUT2D eigenvalue weighted by Crippen LogP contribution is 2.30. The van der Waals surface area contributed by atoms with Gasteiger partial charge in [0.15, 0.2) is 0 Å². The molecule has 0 atom stereocenters. The minimum atomic E-state index is -3.92. The first-order valence-electron chi connectivity index (χ1n) is 8.51. The van der Waals surface area contributed by atoms with Gasteiger partial charge in [-0.05, 0) is 23.3 Å². The van der Waals surface area contributed by atoms with Crippen molar-refractivity contribution in [2.24, 2.45) is 0 Å². The Kier molecular flexibility index (Phi) is 5.66. The topological polar surface area (TPSA) is 111 Å². The van der Waals surface area contributed by atoms with Crippen molar-refractivity contribution in [1.82, 2.24) is 10.0 Å². The Labute approximate surface area is 162 Å². The number of ether oxygens (including phenoxy) is 2. The van der Waals surface area contributed by atoms with Crippen LogP contribution in [0.1, 0.15) is 18.1 Å². The van der Waals surface area contributed by atoms with Crippen molar-refractivity contribution < 1.29 is 27.5 Å². The van der Waals surface area contributed by atoms with Crippen LogP contribution in [0.15, 0.2) is 59.5 Å². The van der Waals surface area contributed by atoms with Gasteiger partial charge in [0.2, 0.25) is 5.91 Å². The molecule has 28 heavy (non-hydrogen) atoms. The van der Waals surface area contributed by atoms with Crippen molar-refractivity contribution in [2.45, 2.75) is 24.0 Å². The van der Waals surface area contributed by atoms with E-state index in [1.54, 1.807) is 12.1 Å². The average molecular weight is 404 g/mol. The third-order valence-corrected chi connectivity index (χ3v) is 5.70. The number of carbonyl (C=O) groups excluding carboxylic acids is 2. The predicted octanol–water partition coefficient (Wildman–Crippen LogP) is 1.66. The zero-order valence-corrected chi connectivity index (χ0v) is 16.0. The number of alkyl carbamates (subject to hydrolysis) is 1. The van der Waals surface area contributed by atoms with Crippen LogP contribution in [-0.4, -0.2) is 33.6 Å². The Morgan fingerprint density at radius 2 is 1.71 bits per heavy atom. The van der Waals surface area contributed by atoms with Crippen molar-refractivity contribution >= 4 is 22.0 Å². The molecule has 8 nitrogen and oxygen atoms in total. The molecule has 2 amide bonds. The summed E-state index contributed by atoms with van der Waals surface area (Å²) in [5.41, 5.74) is 0.755. The molecule has 0 bridgehead atoms. The molecule has 9 heteroatoms. The van der Waals surface area contributed by atoms with Crippen LogP contribution in [-0.2, 0) is 36.4 Å². The Morgan fingerprint density at radius 3 is 2.25 bits per heavy atom. The largest absolute Gasteiger partial charge is 0.445 e. The summed E-state index contributed by atoms with van der Waals surface area (Å²) in [4.78, 5) is 23.2. The second-order valence-corrected chi connectivity index (χ2v) is 8.13. The minimum Gasteiger partial charge on any atom is -0.445 e. The van der Waals surface area contributed by atoms with E-state index in [0.717, 1.165) is 12.5 Å². The number of hydrogen-bond acceptors (Lipinski definition) is 6. The molecule has 1 fully saturated rings. The van der Waals surface area contributed by atoms with Crippen LogP contribution in [0.4, 0.5) is 4.79 Å². The molecule has 0 unspecified atom stereocenters. The number of hydrogen-bond donors (Lipinski definition) is 2. The van der Waals surface area contributed by atoms with Gasteiger partial charge in [0.1, 0.15) is 12.1 Å². The summed E-state index contributed by atoms with van der Waals surface area (Å²) < 4.78 is 36.5. The number of benzene rings is 2. The van der Waals surface area contributed by atoms with E-state index in [0.29, 0.717) is 5.56 Å². The molecule has 0 saturated carbocycles. The number of rotatable bonds is 6. The first-order chi connectivity index (χ1) is 13.3. The van der Waals surface area contributed by atoms with Gasteiger partial charge in [-0.1, -0.05) is 42.5 Å². The maximum Gasteiger partial charge on any atom is 0.408 e. The Bertz CT molecular complexity index is 954. The highest BCUT2D eigenvalue weighted by atomic mass is 32.2. The fourth-order valence-corrected chi connectivity index (χ4v) is 3.76. The minimum absolute atomic E-state index is 0.0477. The van der Waals surface area contributed by atoms with E-state index in [-0.39, 0.29) is 24.7 Å². The molecule has 2 N–H and O–H groups in total. The second kappa shape index (κ2) is 7.99. The van der Waals surface area contributed by atoms with Crippen LogP contribution in [0.3, 0.4) is 0 Å². The van der Waals surface area contributed by atoms with Gasteiger partial charge in [0.05, 0.1) is 18.1 Å². The molecule has 1 aliphatic rings. The monoisotopic (exact) mass is 404 g/mol. The normalized spacial score (nSPS) is 15.2. The Balaban J connectivity index is 1.68. The lowest BCUT2D eigenvalue weighted by atomic mass is 9.88. The van der Waals surface area contributed by atoms with Crippen LogP contribution in [0.25, 0.3) is 0 Å². The highest BCUT2D eigenvalue weighted by Gasteiger charge is 2.42. The molecule has 148 valence electrons. The fraction of sp³-hybridized carbons (Fsp3) is 0.263. The zero-order chi connectivity index (χ0) is 20.2. The van der Waals surface area contributed by atoms with E-state index in [1.165, 1.54) is 12.1 Å². The van der Waals surface area contributed by atoms with Crippen LogP contribution in [0.5, 0.6) is 0 Å².